The summed E-state index contributed by atoms with van der Waals surface area (Å²) in [5.74, 6) is 0.909. The molecule has 0 fully saturated rings. The Hall–Kier alpha value is -2.68. The van der Waals surface area contributed by atoms with Gasteiger partial charge in [0, 0.05) is 10.8 Å². The molecular formula is C16H10O3. The van der Waals surface area contributed by atoms with E-state index < -0.39 is 0 Å². The highest BCUT2D eigenvalue weighted by atomic mass is 16.6. The average Bonchev–Trinajstić information content (AvgIpc) is 3.05. The van der Waals surface area contributed by atoms with Gasteiger partial charge < -0.3 is 13.6 Å². The molecule has 0 radical (unpaired) electrons. The Morgan fingerprint density at radius 3 is 1.63 bits per heavy atom. The third-order valence-electron chi connectivity index (χ3n) is 3.13. The van der Waals surface area contributed by atoms with E-state index in [0.29, 0.717) is 11.9 Å². The summed E-state index contributed by atoms with van der Waals surface area (Å²) in [7, 11) is 0. The number of ether oxygens (including phenoxy) is 1. The number of hydrogen-bond donors (Lipinski definition) is 0. The van der Waals surface area contributed by atoms with Crippen LogP contribution in [-0.2, 0) is 0 Å². The molecule has 0 amide bonds. The Kier molecular flexibility index (Phi) is 2.12. The molecule has 0 bridgehead atoms. The van der Waals surface area contributed by atoms with Gasteiger partial charge in [-0.1, -0.05) is 36.4 Å². The topological polar surface area (TPSA) is 35.5 Å². The van der Waals surface area contributed by atoms with Crippen LogP contribution in [0.3, 0.4) is 0 Å². The average molecular weight is 250 g/mol. The fourth-order valence-corrected chi connectivity index (χ4v) is 2.17. The minimum absolute atomic E-state index is 0.454. The maximum Gasteiger partial charge on any atom is 0.300 e. The quantitative estimate of drug-likeness (QED) is 0.503. The first-order valence-corrected chi connectivity index (χ1v) is 6.02. The molecule has 0 aliphatic heterocycles. The number of benzene rings is 2. The monoisotopic (exact) mass is 250 g/mol. The molecule has 4 rings (SSSR count). The van der Waals surface area contributed by atoms with E-state index >= 15 is 0 Å². The highest BCUT2D eigenvalue weighted by Gasteiger charge is 2.12. The standard InChI is InChI=1S/C16H10O3/c1-3-7-13-11(5-1)9-17-15(13)19-16-14-8-4-2-6-12(14)10-18-16/h1-10H. The second-order valence-electron chi connectivity index (χ2n) is 4.32. The zero-order chi connectivity index (χ0) is 12.7. The van der Waals surface area contributed by atoms with Crippen molar-refractivity contribution in [1.29, 1.82) is 0 Å². The minimum Gasteiger partial charge on any atom is -0.433 e. The number of hydrogen-bond acceptors (Lipinski definition) is 3. The van der Waals surface area contributed by atoms with E-state index in [-0.39, 0.29) is 0 Å². The van der Waals surface area contributed by atoms with Gasteiger partial charge in [-0.25, -0.2) is 0 Å². The Labute approximate surface area is 109 Å². The molecule has 0 saturated heterocycles. The van der Waals surface area contributed by atoms with Gasteiger partial charge in [0.05, 0.1) is 10.8 Å². The second-order valence-corrected chi connectivity index (χ2v) is 4.32. The van der Waals surface area contributed by atoms with Gasteiger partial charge >= 0.3 is 0 Å². The summed E-state index contributed by atoms with van der Waals surface area (Å²) >= 11 is 0. The van der Waals surface area contributed by atoms with Gasteiger partial charge in [-0.15, -0.1) is 0 Å². The third kappa shape index (κ3) is 1.59. The Balaban J connectivity index is 1.82. The highest BCUT2D eigenvalue weighted by molar-refractivity contribution is 5.89. The summed E-state index contributed by atoms with van der Waals surface area (Å²) in [6.07, 6.45) is 3.35. The zero-order valence-corrected chi connectivity index (χ0v) is 10.00. The van der Waals surface area contributed by atoms with Crippen molar-refractivity contribution in [1.82, 2.24) is 0 Å². The molecule has 3 nitrogen and oxygen atoms in total. The van der Waals surface area contributed by atoms with E-state index in [2.05, 4.69) is 0 Å². The fraction of sp³-hybridized carbons (Fsp3) is 0. The molecule has 0 aliphatic rings. The maximum absolute atomic E-state index is 5.75. The minimum atomic E-state index is 0.454. The van der Waals surface area contributed by atoms with Crippen molar-refractivity contribution < 1.29 is 13.6 Å². The van der Waals surface area contributed by atoms with Gasteiger partial charge in [0.2, 0.25) is 0 Å². The lowest BCUT2D eigenvalue weighted by Crippen LogP contribution is -1.80. The number of rotatable bonds is 2. The molecule has 0 aliphatic carbocycles. The highest BCUT2D eigenvalue weighted by Crippen LogP contribution is 2.35. The first-order chi connectivity index (χ1) is 9.42. The molecule has 0 unspecified atom stereocenters. The van der Waals surface area contributed by atoms with Crippen molar-refractivity contribution in [2.45, 2.75) is 0 Å². The van der Waals surface area contributed by atoms with E-state index in [0.717, 1.165) is 21.5 Å². The Bertz CT molecular complexity index is 782. The SMILES string of the molecule is c1ccc2c(Oc3occ4ccccc34)occ2c1. The number of furan rings is 2. The number of fused-ring (bicyclic) bond motifs is 2. The van der Waals surface area contributed by atoms with Crippen LogP contribution in [0.5, 0.6) is 11.9 Å². The summed E-state index contributed by atoms with van der Waals surface area (Å²) in [6, 6.07) is 15.7. The molecule has 19 heavy (non-hydrogen) atoms. The molecule has 2 aromatic carbocycles. The van der Waals surface area contributed by atoms with Crippen LogP contribution in [0.1, 0.15) is 0 Å². The Morgan fingerprint density at radius 1 is 0.632 bits per heavy atom. The van der Waals surface area contributed by atoms with Gasteiger partial charge in [0.15, 0.2) is 0 Å². The first kappa shape index (κ1) is 10.3. The van der Waals surface area contributed by atoms with Crippen LogP contribution in [-0.4, -0.2) is 0 Å². The molecule has 2 aromatic heterocycles. The van der Waals surface area contributed by atoms with Gasteiger partial charge in [0.1, 0.15) is 12.5 Å². The summed E-state index contributed by atoms with van der Waals surface area (Å²) in [5, 5.41) is 3.88. The molecule has 4 aromatic rings. The van der Waals surface area contributed by atoms with Crippen molar-refractivity contribution >= 4 is 21.5 Å². The van der Waals surface area contributed by atoms with Gasteiger partial charge in [-0.2, -0.15) is 0 Å². The lowest BCUT2D eigenvalue weighted by Gasteiger charge is -1.98. The van der Waals surface area contributed by atoms with Crippen molar-refractivity contribution in [2.75, 3.05) is 0 Å². The molecular weight excluding hydrogens is 240 g/mol. The fourth-order valence-electron chi connectivity index (χ4n) is 2.17. The van der Waals surface area contributed by atoms with E-state index in [9.17, 15) is 0 Å². The summed E-state index contributed by atoms with van der Waals surface area (Å²) in [6.45, 7) is 0. The van der Waals surface area contributed by atoms with Gasteiger partial charge in [0.25, 0.3) is 11.9 Å². The molecule has 2 heterocycles. The predicted octanol–water partition coefficient (Wildman–Crippen LogP) is 4.97. The van der Waals surface area contributed by atoms with E-state index in [1.54, 1.807) is 12.5 Å². The van der Waals surface area contributed by atoms with Crippen molar-refractivity contribution in [3.05, 3.63) is 61.1 Å². The zero-order valence-electron chi connectivity index (χ0n) is 10.00. The van der Waals surface area contributed by atoms with Crippen LogP contribution in [0.15, 0.2) is 69.9 Å². The summed E-state index contributed by atoms with van der Waals surface area (Å²) < 4.78 is 16.7. The van der Waals surface area contributed by atoms with Crippen LogP contribution in [0.2, 0.25) is 0 Å². The smallest absolute Gasteiger partial charge is 0.300 e. The van der Waals surface area contributed by atoms with Crippen LogP contribution in [0.25, 0.3) is 21.5 Å². The molecule has 0 spiro atoms. The lowest BCUT2D eigenvalue weighted by atomic mass is 10.2. The van der Waals surface area contributed by atoms with Crippen LogP contribution >= 0.6 is 0 Å². The predicted molar refractivity (Wildman–Crippen MR) is 72.5 cm³/mol. The van der Waals surface area contributed by atoms with Crippen molar-refractivity contribution in [2.24, 2.45) is 0 Å². The molecule has 0 atom stereocenters. The molecule has 0 saturated carbocycles. The molecule has 3 heteroatoms. The summed E-state index contributed by atoms with van der Waals surface area (Å²) in [4.78, 5) is 0. The van der Waals surface area contributed by atoms with Crippen LogP contribution in [0.4, 0.5) is 0 Å². The van der Waals surface area contributed by atoms with Gasteiger partial charge in [-0.3, -0.25) is 0 Å². The van der Waals surface area contributed by atoms with E-state index in [4.69, 9.17) is 13.6 Å². The molecule has 92 valence electrons. The van der Waals surface area contributed by atoms with E-state index in [1.165, 1.54) is 0 Å². The normalized spacial score (nSPS) is 11.2. The maximum atomic E-state index is 5.75. The second kappa shape index (κ2) is 3.92. The first-order valence-electron chi connectivity index (χ1n) is 6.02. The van der Waals surface area contributed by atoms with Gasteiger partial charge in [-0.05, 0) is 12.1 Å². The lowest BCUT2D eigenvalue weighted by molar-refractivity contribution is 0.287. The molecule has 0 N–H and O–H groups in total. The van der Waals surface area contributed by atoms with Crippen LogP contribution < -0.4 is 4.74 Å². The Morgan fingerprint density at radius 2 is 1.11 bits per heavy atom. The summed E-state index contributed by atoms with van der Waals surface area (Å²) in [5.41, 5.74) is 0. The van der Waals surface area contributed by atoms with Crippen molar-refractivity contribution in [3.63, 3.8) is 0 Å². The van der Waals surface area contributed by atoms with Crippen molar-refractivity contribution in [3.8, 4) is 11.9 Å². The van der Waals surface area contributed by atoms with E-state index in [1.807, 2.05) is 48.5 Å². The third-order valence-corrected chi connectivity index (χ3v) is 3.13. The van der Waals surface area contributed by atoms with Crippen LogP contribution in [0, 0.1) is 0 Å². The largest absolute Gasteiger partial charge is 0.433 e.